The van der Waals surface area contributed by atoms with Crippen LogP contribution in [0.3, 0.4) is 0 Å². The molecule has 0 saturated heterocycles. The van der Waals surface area contributed by atoms with Gasteiger partial charge in [0.05, 0.1) is 5.69 Å². The topological polar surface area (TPSA) is 59.7 Å². The molecule has 0 saturated carbocycles. The van der Waals surface area contributed by atoms with E-state index in [0.717, 1.165) is 28.1 Å². The van der Waals surface area contributed by atoms with Gasteiger partial charge in [-0.2, -0.15) is 4.98 Å². The maximum atomic E-state index is 10.1. The third-order valence-corrected chi connectivity index (χ3v) is 3.64. The zero-order chi connectivity index (χ0) is 16.8. The van der Waals surface area contributed by atoms with Gasteiger partial charge in [-0.3, -0.25) is 4.40 Å². The number of aromatic hydroxyl groups is 1. The summed E-state index contributed by atoms with van der Waals surface area (Å²) in [4.78, 5) is 8.27. The first-order chi connectivity index (χ1) is 10.8. The van der Waals surface area contributed by atoms with Crippen molar-refractivity contribution in [1.29, 1.82) is 0 Å². The Hall–Kier alpha value is -2.56. The van der Waals surface area contributed by atoms with Crippen LogP contribution in [0.4, 0.5) is 0 Å². The number of hydrogen-bond donors (Lipinski definition) is 1. The summed E-state index contributed by atoms with van der Waals surface area (Å²) in [6, 6.07) is 5.98. The molecular weight excluding hydrogens is 290 g/mol. The molecule has 0 amide bonds. The normalized spacial score (nSPS) is 11.9. The van der Waals surface area contributed by atoms with E-state index in [9.17, 15) is 5.11 Å². The van der Waals surface area contributed by atoms with Gasteiger partial charge < -0.3 is 9.84 Å². The molecule has 120 valence electrons. The molecular formula is C18H21N3O2. The van der Waals surface area contributed by atoms with Crippen LogP contribution in [0.1, 0.15) is 31.9 Å². The second kappa shape index (κ2) is 5.26. The number of benzene rings is 1. The summed E-state index contributed by atoms with van der Waals surface area (Å²) in [6.45, 7) is 9.96. The van der Waals surface area contributed by atoms with Gasteiger partial charge in [-0.05, 0) is 58.4 Å². The Morgan fingerprint density at radius 1 is 1.17 bits per heavy atom. The molecule has 3 aromatic rings. The van der Waals surface area contributed by atoms with Gasteiger partial charge >= 0.3 is 0 Å². The van der Waals surface area contributed by atoms with E-state index >= 15 is 0 Å². The second-order valence-corrected chi connectivity index (χ2v) is 6.70. The minimum absolute atomic E-state index is 0.00752. The fourth-order valence-corrected chi connectivity index (χ4v) is 2.67. The Labute approximate surface area is 135 Å². The van der Waals surface area contributed by atoms with E-state index < -0.39 is 0 Å². The minimum Gasteiger partial charge on any atom is -0.493 e. The van der Waals surface area contributed by atoms with Crippen LogP contribution in [0.5, 0.6) is 11.6 Å². The Morgan fingerprint density at radius 3 is 2.57 bits per heavy atom. The first-order valence-electron chi connectivity index (χ1n) is 7.59. The van der Waals surface area contributed by atoms with Crippen LogP contribution in [-0.4, -0.2) is 25.1 Å². The van der Waals surface area contributed by atoms with Crippen molar-refractivity contribution in [1.82, 2.24) is 14.4 Å². The van der Waals surface area contributed by atoms with E-state index in [1.54, 1.807) is 6.20 Å². The standard InChI is InChI=1S/C18H21N3O2/c1-11-10-13(23-18(3,4)5)6-7-14(11)15-12(2)16(22)20-17-19-8-9-21(15)17/h6-10H,1-5H3,(H,19,20,22). The Kier molecular flexibility index (Phi) is 3.51. The smallest absolute Gasteiger partial charge is 0.237 e. The van der Waals surface area contributed by atoms with Gasteiger partial charge in [0.1, 0.15) is 11.4 Å². The van der Waals surface area contributed by atoms with E-state index in [0.29, 0.717) is 5.78 Å². The lowest BCUT2D eigenvalue weighted by atomic mass is 10.0. The van der Waals surface area contributed by atoms with Crippen molar-refractivity contribution in [3.63, 3.8) is 0 Å². The highest BCUT2D eigenvalue weighted by Gasteiger charge is 2.17. The molecule has 1 N–H and O–H groups in total. The lowest BCUT2D eigenvalue weighted by Gasteiger charge is -2.22. The van der Waals surface area contributed by atoms with E-state index in [2.05, 4.69) is 9.97 Å². The van der Waals surface area contributed by atoms with Crippen molar-refractivity contribution in [2.45, 2.75) is 40.2 Å². The van der Waals surface area contributed by atoms with Crippen LogP contribution in [-0.2, 0) is 0 Å². The van der Waals surface area contributed by atoms with Crippen molar-refractivity contribution < 1.29 is 9.84 Å². The highest BCUT2D eigenvalue weighted by molar-refractivity contribution is 5.71. The molecule has 2 aromatic heterocycles. The predicted molar refractivity (Wildman–Crippen MR) is 89.9 cm³/mol. The third kappa shape index (κ3) is 2.86. The minimum atomic E-state index is -0.240. The quantitative estimate of drug-likeness (QED) is 0.780. The number of rotatable bonds is 2. The zero-order valence-corrected chi connectivity index (χ0v) is 14.1. The van der Waals surface area contributed by atoms with Gasteiger partial charge in [-0.25, -0.2) is 4.98 Å². The van der Waals surface area contributed by atoms with Gasteiger partial charge in [-0.15, -0.1) is 0 Å². The van der Waals surface area contributed by atoms with Gasteiger partial charge in [0.25, 0.3) is 0 Å². The van der Waals surface area contributed by atoms with Crippen LogP contribution in [0.15, 0.2) is 30.6 Å². The molecule has 0 bridgehead atoms. The van der Waals surface area contributed by atoms with Crippen molar-refractivity contribution >= 4 is 5.78 Å². The zero-order valence-electron chi connectivity index (χ0n) is 14.1. The van der Waals surface area contributed by atoms with Crippen LogP contribution in [0.2, 0.25) is 0 Å². The average Bonchev–Trinajstić information content (AvgIpc) is 2.87. The third-order valence-electron chi connectivity index (χ3n) is 3.64. The van der Waals surface area contributed by atoms with Crippen molar-refractivity contribution in [3.05, 3.63) is 41.7 Å². The number of ether oxygens (including phenoxy) is 1. The number of aryl methyl sites for hydroxylation is 1. The Morgan fingerprint density at radius 2 is 1.91 bits per heavy atom. The van der Waals surface area contributed by atoms with E-state index in [-0.39, 0.29) is 11.5 Å². The van der Waals surface area contributed by atoms with Crippen molar-refractivity contribution in [3.8, 4) is 22.9 Å². The largest absolute Gasteiger partial charge is 0.493 e. The molecule has 2 heterocycles. The molecule has 0 aliphatic heterocycles. The summed E-state index contributed by atoms with van der Waals surface area (Å²) >= 11 is 0. The molecule has 0 unspecified atom stereocenters. The van der Waals surface area contributed by atoms with Crippen molar-refractivity contribution in [2.24, 2.45) is 0 Å². The fraction of sp³-hybridized carbons (Fsp3) is 0.333. The number of imidazole rings is 1. The lowest BCUT2D eigenvalue weighted by molar-refractivity contribution is 0.131. The summed E-state index contributed by atoms with van der Waals surface area (Å²) in [6.07, 6.45) is 3.53. The van der Waals surface area contributed by atoms with Gasteiger partial charge in [0, 0.05) is 23.5 Å². The molecule has 0 atom stereocenters. The van der Waals surface area contributed by atoms with Crippen LogP contribution in [0, 0.1) is 13.8 Å². The molecule has 0 aliphatic carbocycles. The van der Waals surface area contributed by atoms with E-state index in [4.69, 9.17) is 4.74 Å². The molecule has 3 rings (SSSR count). The predicted octanol–water partition coefficient (Wildman–Crippen LogP) is 3.90. The Balaban J connectivity index is 2.16. The first kappa shape index (κ1) is 15.3. The van der Waals surface area contributed by atoms with Crippen LogP contribution >= 0.6 is 0 Å². The molecule has 5 heteroatoms. The highest BCUT2D eigenvalue weighted by Crippen LogP contribution is 2.33. The number of fused-ring (bicyclic) bond motifs is 1. The summed E-state index contributed by atoms with van der Waals surface area (Å²) in [5.41, 5.74) is 3.46. The van der Waals surface area contributed by atoms with E-state index in [1.807, 2.05) is 63.4 Å². The number of nitrogens with zero attached hydrogens (tertiary/aromatic N) is 3. The average molecular weight is 311 g/mol. The summed E-state index contributed by atoms with van der Waals surface area (Å²) < 4.78 is 7.81. The molecule has 23 heavy (non-hydrogen) atoms. The maximum absolute atomic E-state index is 10.1. The summed E-state index contributed by atoms with van der Waals surface area (Å²) in [5, 5.41) is 10.1. The second-order valence-electron chi connectivity index (χ2n) is 6.70. The molecule has 0 aliphatic rings. The molecule has 0 fully saturated rings. The fourth-order valence-electron chi connectivity index (χ4n) is 2.67. The van der Waals surface area contributed by atoms with Crippen LogP contribution < -0.4 is 4.74 Å². The molecule has 5 nitrogen and oxygen atoms in total. The summed E-state index contributed by atoms with van der Waals surface area (Å²) in [7, 11) is 0. The SMILES string of the molecule is Cc1cc(OC(C)(C)C)ccc1-c1c(C)c(O)nc2nccn12. The first-order valence-corrected chi connectivity index (χ1v) is 7.59. The molecule has 0 radical (unpaired) electrons. The highest BCUT2D eigenvalue weighted by atomic mass is 16.5. The Bertz CT molecular complexity index is 876. The van der Waals surface area contributed by atoms with E-state index in [1.165, 1.54) is 0 Å². The molecule has 1 aromatic carbocycles. The monoisotopic (exact) mass is 311 g/mol. The summed E-state index contributed by atoms with van der Waals surface area (Å²) in [5.74, 6) is 1.32. The maximum Gasteiger partial charge on any atom is 0.237 e. The van der Waals surface area contributed by atoms with Gasteiger partial charge in [0.2, 0.25) is 11.7 Å². The number of hydrogen-bond acceptors (Lipinski definition) is 4. The molecule has 0 spiro atoms. The van der Waals surface area contributed by atoms with Crippen molar-refractivity contribution in [2.75, 3.05) is 0 Å². The van der Waals surface area contributed by atoms with Crippen LogP contribution in [0.25, 0.3) is 17.0 Å². The number of aromatic nitrogens is 3. The van der Waals surface area contributed by atoms with Gasteiger partial charge in [-0.1, -0.05) is 0 Å². The lowest BCUT2D eigenvalue weighted by Crippen LogP contribution is -2.22. The van der Waals surface area contributed by atoms with Gasteiger partial charge in [0.15, 0.2) is 0 Å².